The third-order valence-corrected chi connectivity index (χ3v) is 6.20. The van der Waals surface area contributed by atoms with Crippen LogP contribution in [0, 0.1) is 0 Å². The quantitative estimate of drug-likeness (QED) is 0.895. The lowest BCUT2D eigenvalue weighted by atomic mass is 9.93. The van der Waals surface area contributed by atoms with Crippen LogP contribution in [0.2, 0.25) is 0 Å². The maximum Gasteiger partial charge on any atom is 0.150 e. The second-order valence-electron chi connectivity index (χ2n) is 5.76. The van der Waals surface area contributed by atoms with E-state index in [1.54, 1.807) is 0 Å². The van der Waals surface area contributed by atoms with Crippen molar-refractivity contribution < 1.29 is 8.42 Å². The molecule has 0 bridgehead atoms. The highest BCUT2D eigenvalue weighted by Gasteiger charge is 2.29. The van der Waals surface area contributed by atoms with E-state index in [2.05, 4.69) is 40.3 Å². The van der Waals surface area contributed by atoms with E-state index in [4.69, 9.17) is 0 Å². The standard InChI is InChI=1S/C15H22BrNO2S/c1-11(12-5-3-6-13(16)9-12)17-14-7-4-8-15(10-14)20(2,18)19/h3,5-6,9,11,14-15,17H,4,7-8,10H2,1-2H3/t11-,14?,15?/m0/s1. The highest BCUT2D eigenvalue weighted by molar-refractivity contribution is 9.10. The van der Waals surface area contributed by atoms with Crippen molar-refractivity contribution in [2.75, 3.05) is 6.26 Å². The molecular weight excluding hydrogens is 338 g/mol. The van der Waals surface area contributed by atoms with Crippen LogP contribution in [-0.2, 0) is 9.84 Å². The van der Waals surface area contributed by atoms with E-state index in [0.29, 0.717) is 0 Å². The minimum absolute atomic E-state index is 0.177. The topological polar surface area (TPSA) is 46.2 Å². The highest BCUT2D eigenvalue weighted by atomic mass is 79.9. The Balaban J connectivity index is 1.99. The van der Waals surface area contributed by atoms with Gasteiger partial charge in [-0.25, -0.2) is 8.42 Å². The fourth-order valence-corrected chi connectivity index (χ4v) is 4.50. The molecule has 0 radical (unpaired) electrons. The second-order valence-corrected chi connectivity index (χ2v) is 9.00. The molecule has 1 aromatic carbocycles. The molecule has 1 aliphatic carbocycles. The Kier molecular flexibility index (Phi) is 5.26. The lowest BCUT2D eigenvalue weighted by molar-refractivity contribution is 0.346. The normalized spacial score (nSPS) is 25.4. The van der Waals surface area contributed by atoms with Crippen molar-refractivity contribution >= 4 is 25.8 Å². The monoisotopic (exact) mass is 359 g/mol. The van der Waals surface area contributed by atoms with E-state index in [0.717, 1.165) is 30.2 Å². The minimum Gasteiger partial charge on any atom is -0.307 e. The van der Waals surface area contributed by atoms with Gasteiger partial charge in [-0.3, -0.25) is 0 Å². The lowest BCUT2D eigenvalue weighted by Gasteiger charge is -2.31. The third-order valence-electron chi connectivity index (χ3n) is 4.07. The van der Waals surface area contributed by atoms with E-state index >= 15 is 0 Å². The van der Waals surface area contributed by atoms with Gasteiger partial charge in [0.15, 0.2) is 0 Å². The summed E-state index contributed by atoms with van der Waals surface area (Å²) in [4.78, 5) is 0. The fourth-order valence-electron chi connectivity index (χ4n) is 2.91. The highest BCUT2D eigenvalue weighted by Crippen LogP contribution is 2.26. The van der Waals surface area contributed by atoms with Gasteiger partial charge in [-0.2, -0.15) is 0 Å². The van der Waals surface area contributed by atoms with Crippen LogP contribution in [0.4, 0.5) is 0 Å². The third kappa shape index (κ3) is 4.30. The Bertz CT molecular complexity index is 559. The van der Waals surface area contributed by atoms with Gasteiger partial charge in [-0.15, -0.1) is 0 Å². The first kappa shape index (κ1) is 16.0. The van der Waals surface area contributed by atoms with Crippen LogP contribution in [-0.4, -0.2) is 26.0 Å². The van der Waals surface area contributed by atoms with Crippen LogP contribution in [0.15, 0.2) is 28.7 Å². The Labute approximate surface area is 130 Å². The molecule has 3 nitrogen and oxygen atoms in total. The number of hydrogen-bond acceptors (Lipinski definition) is 3. The van der Waals surface area contributed by atoms with Gasteiger partial charge in [0.25, 0.3) is 0 Å². The van der Waals surface area contributed by atoms with Crippen LogP contribution in [0.1, 0.15) is 44.2 Å². The molecule has 0 heterocycles. The molecule has 20 heavy (non-hydrogen) atoms. The van der Waals surface area contributed by atoms with Gasteiger partial charge >= 0.3 is 0 Å². The van der Waals surface area contributed by atoms with Crippen molar-refractivity contribution in [3.63, 3.8) is 0 Å². The number of halogens is 1. The molecule has 1 aliphatic rings. The number of sulfone groups is 1. The summed E-state index contributed by atoms with van der Waals surface area (Å²) in [7, 11) is -2.91. The molecule has 0 aromatic heterocycles. The Morgan fingerprint density at radius 3 is 2.75 bits per heavy atom. The van der Waals surface area contributed by atoms with Gasteiger partial charge in [0, 0.05) is 22.8 Å². The second kappa shape index (κ2) is 6.58. The first-order valence-electron chi connectivity index (χ1n) is 7.06. The van der Waals surface area contributed by atoms with Crippen LogP contribution >= 0.6 is 15.9 Å². The molecule has 0 spiro atoms. The summed E-state index contributed by atoms with van der Waals surface area (Å²) in [5.74, 6) is 0. The van der Waals surface area contributed by atoms with E-state index in [9.17, 15) is 8.42 Å². The molecule has 5 heteroatoms. The summed E-state index contributed by atoms with van der Waals surface area (Å²) in [6.45, 7) is 2.13. The molecule has 1 fully saturated rings. The number of nitrogens with one attached hydrogen (secondary N) is 1. The molecule has 0 aliphatic heterocycles. The van der Waals surface area contributed by atoms with E-state index in [1.165, 1.54) is 11.8 Å². The van der Waals surface area contributed by atoms with Crippen molar-refractivity contribution in [1.82, 2.24) is 5.32 Å². The van der Waals surface area contributed by atoms with Crippen LogP contribution in [0.5, 0.6) is 0 Å². The van der Waals surface area contributed by atoms with Crippen molar-refractivity contribution in [2.45, 2.75) is 49.9 Å². The summed E-state index contributed by atoms with van der Waals surface area (Å²) >= 11 is 3.48. The first-order chi connectivity index (χ1) is 9.36. The molecule has 0 saturated heterocycles. The van der Waals surface area contributed by atoms with Crippen molar-refractivity contribution in [3.8, 4) is 0 Å². The molecule has 1 N–H and O–H groups in total. The average Bonchev–Trinajstić information content (AvgIpc) is 2.38. The van der Waals surface area contributed by atoms with Crippen LogP contribution < -0.4 is 5.32 Å². The van der Waals surface area contributed by atoms with Gasteiger partial charge in [0.1, 0.15) is 9.84 Å². The predicted molar refractivity (Wildman–Crippen MR) is 86.6 cm³/mol. The molecule has 112 valence electrons. The molecular formula is C15H22BrNO2S. The van der Waals surface area contributed by atoms with E-state index in [1.807, 2.05) is 12.1 Å². The van der Waals surface area contributed by atoms with Gasteiger partial charge in [-0.1, -0.05) is 34.5 Å². The van der Waals surface area contributed by atoms with Crippen molar-refractivity contribution in [3.05, 3.63) is 34.3 Å². The van der Waals surface area contributed by atoms with E-state index in [-0.39, 0.29) is 17.3 Å². The predicted octanol–water partition coefficient (Wildman–Crippen LogP) is 3.46. The van der Waals surface area contributed by atoms with Crippen LogP contribution in [0.25, 0.3) is 0 Å². The molecule has 2 unspecified atom stereocenters. The zero-order chi connectivity index (χ0) is 14.8. The van der Waals surface area contributed by atoms with Gasteiger partial charge < -0.3 is 5.32 Å². The van der Waals surface area contributed by atoms with E-state index < -0.39 is 9.84 Å². The fraction of sp³-hybridized carbons (Fsp3) is 0.600. The van der Waals surface area contributed by atoms with Crippen molar-refractivity contribution in [2.24, 2.45) is 0 Å². The minimum atomic E-state index is -2.91. The largest absolute Gasteiger partial charge is 0.307 e. The summed E-state index contributed by atoms with van der Waals surface area (Å²) in [6, 6.07) is 8.76. The molecule has 1 aromatic rings. The average molecular weight is 360 g/mol. The van der Waals surface area contributed by atoms with Crippen molar-refractivity contribution in [1.29, 1.82) is 0 Å². The Morgan fingerprint density at radius 1 is 1.35 bits per heavy atom. The zero-order valence-electron chi connectivity index (χ0n) is 12.0. The summed E-state index contributed by atoms with van der Waals surface area (Å²) < 4.78 is 24.5. The molecule has 2 rings (SSSR count). The van der Waals surface area contributed by atoms with Gasteiger partial charge in [-0.05, 0) is 43.9 Å². The Hall–Kier alpha value is -0.390. The zero-order valence-corrected chi connectivity index (χ0v) is 14.4. The van der Waals surface area contributed by atoms with Gasteiger partial charge in [0.2, 0.25) is 0 Å². The molecule has 0 amide bonds. The lowest BCUT2D eigenvalue weighted by Crippen LogP contribution is -2.39. The summed E-state index contributed by atoms with van der Waals surface area (Å²) in [5.41, 5.74) is 1.22. The maximum absolute atomic E-state index is 11.7. The summed E-state index contributed by atoms with van der Waals surface area (Å²) in [6.07, 6.45) is 4.95. The number of hydrogen-bond donors (Lipinski definition) is 1. The van der Waals surface area contributed by atoms with Crippen LogP contribution in [0.3, 0.4) is 0 Å². The number of benzene rings is 1. The number of rotatable bonds is 4. The Morgan fingerprint density at radius 2 is 2.10 bits per heavy atom. The SMILES string of the molecule is C[C@H](NC1CCCC(S(C)(=O)=O)C1)c1cccc(Br)c1. The maximum atomic E-state index is 11.7. The first-order valence-corrected chi connectivity index (χ1v) is 9.81. The molecule has 1 saturated carbocycles. The smallest absolute Gasteiger partial charge is 0.150 e. The summed E-state index contributed by atoms with van der Waals surface area (Å²) in [5, 5.41) is 3.40. The van der Waals surface area contributed by atoms with Gasteiger partial charge in [0.05, 0.1) is 5.25 Å². The molecule has 3 atom stereocenters.